The van der Waals surface area contributed by atoms with E-state index in [4.69, 9.17) is 4.74 Å². The van der Waals surface area contributed by atoms with Gasteiger partial charge >= 0.3 is 0 Å². The number of methoxy groups -OCH3 is 1. The number of nitrogens with zero attached hydrogens (tertiary/aromatic N) is 2. The number of hydrogen-bond donors (Lipinski definition) is 3. The van der Waals surface area contributed by atoms with Crippen LogP contribution in [0.1, 0.15) is 50.8 Å². The van der Waals surface area contributed by atoms with Crippen LogP contribution in [0.5, 0.6) is 5.75 Å². The summed E-state index contributed by atoms with van der Waals surface area (Å²) >= 11 is 2.87. The van der Waals surface area contributed by atoms with Crippen LogP contribution in [0.25, 0.3) is 6.08 Å². The highest BCUT2D eigenvalue weighted by molar-refractivity contribution is 8.00. The summed E-state index contributed by atoms with van der Waals surface area (Å²) in [5.41, 5.74) is 4.50. The summed E-state index contributed by atoms with van der Waals surface area (Å²) in [6.45, 7) is 4.36. The molecule has 0 saturated heterocycles. The van der Waals surface area contributed by atoms with Crippen LogP contribution in [0.4, 0.5) is 10.7 Å². The van der Waals surface area contributed by atoms with Crippen molar-refractivity contribution >= 4 is 57.6 Å². The van der Waals surface area contributed by atoms with Crippen LogP contribution in [0.15, 0.2) is 120 Å². The Kier molecular flexibility index (Phi) is 12.4. The second kappa shape index (κ2) is 17.7. The summed E-state index contributed by atoms with van der Waals surface area (Å²) in [7, 11) is 1.58. The van der Waals surface area contributed by atoms with E-state index >= 15 is 0 Å². The Labute approximate surface area is 317 Å². The number of ether oxygens (including phenoxy) is 1. The van der Waals surface area contributed by atoms with Gasteiger partial charge in [-0.05, 0) is 78.1 Å². The minimum absolute atomic E-state index is 0.0583. The highest BCUT2D eigenvalue weighted by Crippen LogP contribution is 2.38. The van der Waals surface area contributed by atoms with Gasteiger partial charge in [-0.1, -0.05) is 73.7 Å². The molecule has 3 N–H and O–H groups in total. The normalized spacial score (nSPS) is 13.3. The molecule has 2 heterocycles. The standard InChI is InChI=1S/C42H39N5O4S2/c1-3-37(41(50)46-42-35(25-43)34-21-22-47(27-38(34)53-42)26-29-11-6-4-7-12-29)52-33-16-10-15-31(24-33)44-40(49)36(23-28-17-19-32(51-2)20-18-28)45-39(48)30-13-8-5-9-14-30/h4-20,23-24,37H,3,21-22,26-27H2,1-2H3,(H,44,49)(H,45,48)(H,46,50)/b36-23+. The van der Waals surface area contributed by atoms with Gasteiger partial charge in [-0.25, -0.2) is 0 Å². The molecule has 0 bridgehead atoms. The van der Waals surface area contributed by atoms with E-state index in [1.54, 1.807) is 79.9 Å². The van der Waals surface area contributed by atoms with Crippen LogP contribution in [0.2, 0.25) is 0 Å². The van der Waals surface area contributed by atoms with E-state index in [1.165, 1.54) is 28.7 Å². The summed E-state index contributed by atoms with van der Waals surface area (Å²) < 4.78 is 5.25. The molecule has 6 rings (SSSR count). The number of carbonyl (C=O) groups excluding carboxylic acids is 3. The zero-order chi connectivity index (χ0) is 37.2. The lowest BCUT2D eigenvalue weighted by Crippen LogP contribution is -2.30. The van der Waals surface area contributed by atoms with Crippen LogP contribution in [0, 0.1) is 11.3 Å². The first-order valence-corrected chi connectivity index (χ1v) is 18.9. The van der Waals surface area contributed by atoms with E-state index in [2.05, 4.69) is 39.1 Å². The van der Waals surface area contributed by atoms with E-state index in [0.29, 0.717) is 39.5 Å². The van der Waals surface area contributed by atoms with Crippen LogP contribution in [0.3, 0.4) is 0 Å². The van der Waals surface area contributed by atoms with E-state index in [9.17, 15) is 19.6 Å². The molecule has 1 aliphatic heterocycles. The largest absolute Gasteiger partial charge is 0.497 e. The minimum atomic E-state index is -0.509. The SMILES string of the molecule is CCC(Sc1cccc(NC(=O)/C(=C\c2ccc(OC)cc2)NC(=O)c2ccccc2)c1)C(=O)Nc1sc2c(c1C#N)CCN(Cc1ccccc1)C2. The fourth-order valence-electron chi connectivity index (χ4n) is 5.97. The average molecular weight is 742 g/mol. The lowest BCUT2D eigenvalue weighted by atomic mass is 10.0. The number of carbonyl (C=O) groups is 3. The third-order valence-corrected chi connectivity index (χ3v) is 11.2. The maximum Gasteiger partial charge on any atom is 0.272 e. The van der Waals surface area contributed by atoms with Gasteiger partial charge < -0.3 is 20.7 Å². The molecule has 5 aromatic rings. The molecule has 0 fully saturated rings. The first kappa shape index (κ1) is 37.1. The number of rotatable bonds is 13. The van der Waals surface area contributed by atoms with Crippen LogP contribution in [-0.4, -0.2) is 41.5 Å². The van der Waals surface area contributed by atoms with Crippen molar-refractivity contribution in [2.24, 2.45) is 0 Å². The number of nitrogens with one attached hydrogen (secondary N) is 3. The van der Waals surface area contributed by atoms with E-state index in [-0.39, 0.29) is 11.6 Å². The van der Waals surface area contributed by atoms with Gasteiger partial charge in [0.1, 0.15) is 22.5 Å². The van der Waals surface area contributed by atoms with Crippen molar-refractivity contribution in [2.75, 3.05) is 24.3 Å². The van der Waals surface area contributed by atoms with Crippen molar-refractivity contribution in [3.63, 3.8) is 0 Å². The lowest BCUT2D eigenvalue weighted by molar-refractivity contribution is -0.116. The van der Waals surface area contributed by atoms with Gasteiger partial charge in [0.25, 0.3) is 11.8 Å². The Bertz CT molecular complexity index is 2140. The summed E-state index contributed by atoms with van der Waals surface area (Å²) in [5, 5.41) is 19.0. The second-order valence-electron chi connectivity index (χ2n) is 12.4. The van der Waals surface area contributed by atoms with Gasteiger partial charge in [0.05, 0.1) is 17.9 Å². The van der Waals surface area contributed by atoms with Crippen molar-refractivity contribution < 1.29 is 19.1 Å². The zero-order valence-electron chi connectivity index (χ0n) is 29.4. The quantitative estimate of drug-likeness (QED) is 0.0823. The maximum absolute atomic E-state index is 13.6. The smallest absolute Gasteiger partial charge is 0.272 e. The fraction of sp³-hybridized carbons (Fsp3) is 0.190. The molecule has 53 heavy (non-hydrogen) atoms. The van der Waals surface area contributed by atoms with Gasteiger partial charge in [-0.15, -0.1) is 23.1 Å². The number of fused-ring (bicyclic) bond motifs is 1. The van der Waals surface area contributed by atoms with Crippen molar-refractivity contribution in [3.8, 4) is 11.8 Å². The average Bonchev–Trinajstić information content (AvgIpc) is 3.53. The molecule has 11 heteroatoms. The molecule has 4 aromatic carbocycles. The summed E-state index contributed by atoms with van der Waals surface area (Å²) in [6, 6.07) is 35.7. The van der Waals surface area contributed by atoms with Crippen LogP contribution < -0.4 is 20.7 Å². The predicted molar refractivity (Wildman–Crippen MR) is 212 cm³/mol. The number of anilines is 2. The van der Waals surface area contributed by atoms with Gasteiger partial charge in [-0.3, -0.25) is 19.3 Å². The molecular formula is C42H39N5O4S2. The number of thioether (sulfide) groups is 1. The van der Waals surface area contributed by atoms with E-state index in [0.717, 1.165) is 41.4 Å². The monoisotopic (exact) mass is 741 g/mol. The lowest BCUT2D eigenvalue weighted by Gasteiger charge is -2.26. The number of hydrogen-bond acceptors (Lipinski definition) is 8. The molecule has 1 aromatic heterocycles. The third-order valence-electron chi connectivity index (χ3n) is 8.72. The highest BCUT2D eigenvalue weighted by atomic mass is 32.2. The Morgan fingerprint density at radius 3 is 2.40 bits per heavy atom. The van der Waals surface area contributed by atoms with Gasteiger partial charge in [0.2, 0.25) is 5.91 Å². The molecule has 1 aliphatic rings. The molecule has 1 atom stereocenters. The molecule has 3 amide bonds. The van der Waals surface area contributed by atoms with Crippen molar-refractivity contribution in [1.82, 2.24) is 10.2 Å². The summed E-state index contributed by atoms with van der Waals surface area (Å²) in [4.78, 5) is 44.6. The number of benzene rings is 4. The molecular weight excluding hydrogens is 703 g/mol. The molecule has 0 spiro atoms. The number of thiophene rings is 1. The fourth-order valence-corrected chi connectivity index (χ4v) is 8.23. The van der Waals surface area contributed by atoms with Crippen LogP contribution in [-0.2, 0) is 29.1 Å². The Morgan fingerprint density at radius 1 is 0.962 bits per heavy atom. The van der Waals surface area contributed by atoms with Crippen molar-refractivity contribution in [2.45, 2.75) is 43.0 Å². The second-order valence-corrected chi connectivity index (χ2v) is 14.8. The molecule has 268 valence electrons. The topological polar surface area (TPSA) is 124 Å². The number of nitriles is 1. The first-order chi connectivity index (χ1) is 25.8. The number of amides is 3. The Balaban J connectivity index is 1.13. The van der Waals surface area contributed by atoms with Gasteiger partial charge in [0.15, 0.2) is 0 Å². The van der Waals surface area contributed by atoms with E-state index < -0.39 is 17.1 Å². The molecule has 0 saturated carbocycles. The minimum Gasteiger partial charge on any atom is -0.497 e. The van der Waals surface area contributed by atoms with E-state index in [1.807, 2.05) is 37.3 Å². The van der Waals surface area contributed by atoms with Crippen LogP contribution >= 0.6 is 23.1 Å². The Hall–Kier alpha value is -5.67. The third kappa shape index (κ3) is 9.61. The predicted octanol–water partition coefficient (Wildman–Crippen LogP) is 8.11. The summed E-state index contributed by atoms with van der Waals surface area (Å²) in [6.07, 6.45) is 2.91. The molecule has 0 radical (unpaired) electrons. The summed E-state index contributed by atoms with van der Waals surface area (Å²) in [5.74, 6) is -0.445. The van der Waals surface area contributed by atoms with Gasteiger partial charge in [0, 0.05) is 40.7 Å². The highest BCUT2D eigenvalue weighted by Gasteiger charge is 2.27. The zero-order valence-corrected chi connectivity index (χ0v) is 31.1. The Morgan fingerprint density at radius 2 is 1.70 bits per heavy atom. The van der Waals surface area contributed by atoms with Crippen molar-refractivity contribution in [1.29, 1.82) is 5.26 Å². The first-order valence-electron chi connectivity index (χ1n) is 17.3. The van der Waals surface area contributed by atoms with Gasteiger partial charge in [-0.2, -0.15) is 5.26 Å². The van der Waals surface area contributed by atoms with Crippen molar-refractivity contribution in [3.05, 3.63) is 148 Å². The molecule has 1 unspecified atom stereocenters. The molecule has 0 aliphatic carbocycles. The maximum atomic E-state index is 13.6. The molecule has 9 nitrogen and oxygen atoms in total.